The van der Waals surface area contributed by atoms with Gasteiger partial charge in [-0.05, 0) is 81.8 Å². The predicted molar refractivity (Wildman–Crippen MR) is 141 cm³/mol. The predicted octanol–water partition coefficient (Wildman–Crippen LogP) is 4.81. The number of hydrogen-bond donors (Lipinski definition) is 1. The summed E-state index contributed by atoms with van der Waals surface area (Å²) in [6.45, 7) is 1.60. The second-order valence-electron chi connectivity index (χ2n) is 10.8. The Bertz CT molecular complexity index is 981. The number of β-amino-alcohol motifs (C(OH)–C–C–N with tert-alkyl or cyclic N) is 1. The van der Waals surface area contributed by atoms with Crippen LogP contribution in [0.1, 0.15) is 62.5 Å². The van der Waals surface area contributed by atoms with Gasteiger partial charge in [0.25, 0.3) is 0 Å². The summed E-state index contributed by atoms with van der Waals surface area (Å²) in [5, 5.41) is 12.0. The Labute approximate surface area is 211 Å². The number of unbranched alkanes of at least 4 members (excludes halogenated alkanes) is 2. The van der Waals surface area contributed by atoms with Crippen LogP contribution in [0.5, 0.6) is 5.75 Å². The third-order valence-electron chi connectivity index (χ3n) is 8.58. The first-order chi connectivity index (χ1) is 16.9. The van der Waals surface area contributed by atoms with E-state index in [-0.39, 0.29) is 17.4 Å². The lowest BCUT2D eigenvalue weighted by atomic mass is 9.55. The minimum atomic E-state index is -0.801. The summed E-state index contributed by atoms with van der Waals surface area (Å²) < 4.78 is 5.52. The number of rotatable bonds is 9. The molecule has 0 unspecified atom stereocenters. The molecule has 0 spiro atoms. The van der Waals surface area contributed by atoms with E-state index >= 15 is 0 Å². The van der Waals surface area contributed by atoms with Crippen molar-refractivity contribution in [2.45, 2.75) is 74.8 Å². The van der Waals surface area contributed by atoms with Crippen molar-refractivity contribution in [1.82, 2.24) is 9.80 Å². The Hall–Kier alpha value is -2.37. The van der Waals surface area contributed by atoms with E-state index in [2.05, 4.69) is 48.3 Å². The van der Waals surface area contributed by atoms with Crippen LogP contribution in [0.25, 0.3) is 0 Å². The maximum Gasteiger partial charge on any atom is 0.222 e. The molecular formula is C30H42N2O3. The van der Waals surface area contributed by atoms with Crippen LogP contribution < -0.4 is 4.74 Å². The second-order valence-corrected chi connectivity index (χ2v) is 10.8. The molecular weight excluding hydrogens is 436 g/mol. The largest absolute Gasteiger partial charge is 0.497 e. The van der Waals surface area contributed by atoms with Gasteiger partial charge in [-0.3, -0.25) is 4.79 Å². The number of aryl methyl sites for hydroxylation is 1. The summed E-state index contributed by atoms with van der Waals surface area (Å²) in [5.41, 5.74) is 1.33. The Morgan fingerprint density at radius 3 is 2.69 bits per heavy atom. The van der Waals surface area contributed by atoms with Crippen molar-refractivity contribution in [1.29, 1.82) is 0 Å². The fourth-order valence-electron chi connectivity index (χ4n) is 6.40. The normalized spacial score (nSPS) is 26.7. The van der Waals surface area contributed by atoms with E-state index in [1.807, 2.05) is 30.1 Å². The van der Waals surface area contributed by atoms with Gasteiger partial charge in [-0.1, -0.05) is 48.9 Å². The zero-order valence-electron chi connectivity index (χ0n) is 21.7. The minimum absolute atomic E-state index is 0.140. The number of piperidine rings is 1. The number of carbonyl (C=O) groups is 1. The molecule has 1 amide bonds. The molecule has 2 fully saturated rings. The zero-order valence-corrected chi connectivity index (χ0v) is 21.7. The van der Waals surface area contributed by atoms with Crippen LogP contribution in [0.4, 0.5) is 0 Å². The number of likely N-dealkylation sites (tertiary alicyclic amines) is 1. The first-order valence-corrected chi connectivity index (χ1v) is 13.2. The van der Waals surface area contributed by atoms with Gasteiger partial charge in [0.15, 0.2) is 0 Å². The number of benzene rings is 2. The van der Waals surface area contributed by atoms with Crippen LogP contribution in [0.2, 0.25) is 0 Å². The molecule has 5 heteroatoms. The average molecular weight is 479 g/mol. The minimum Gasteiger partial charge on any atom is -0.497 e. The number of nitrogens with zero attached hydrogens (tertiary/aromatic N) is 2. The molecule has 1 aliphatic carbocycles. The number of aliphatic hydroxyl groups is 1. The van der Waals surface area contributed by atoms with Gasteiger partial charge in [-0.2, -0.15) is 0 Å². The molecule has 1 heterocycles. The molecule has 3 atom stereocenters. The molecule has 1 saturated heterocycles. The SMILES string of the molecule is COc1cccc([C@@]23CCN(C)C[C@@]2(O)CC[C@H](N(C)C(=O)CCCCCc2ccccc2)C3)c1. The van der Waals surface area contributed by atoms with Gasteiger partial charge in [-0.15, -0.1) is 0 Å². The maximum absolute atomic E-state index is 13.1. The Morgan fingerprint density at radius 1 is 1.11 bits per heavy atom. The lowest BCUT2D eigenvalue weighted by Crippen LogP contribution is -2.66. The summed E-state index contributed by atoms with van der Waals surface area (Å²) in [7, 11) is 5.75. The van der Waals surface area contributed by atoms with Crippen molar-refractivity contribution < 1.29 is 14.6 Å². The lowest BCUT2D eigenvalue weighted by molar-refractivity contribution is -0.146. The van der Waals surface area contributed by atoms with E-state index < -0.39 is 5.60 Å². The van der Waals surface area contributed by atoms with Crippen molar-refractivity contribution >= 4 is 5.91 Å². The van der Waals surface area contributed by atoms with E-state index in [4.69, 9.17) is 4.74 Å². The highest BCUT2D eigenvalue weighted by molar-refractivity contribution is 5.76. The number of amides is 1. The van der Waals surface area contributed by atoms with Gasteiger partial charge >= 0.3 is 0 Å². The summed E-state index contributed by atoms with van der Waals surface area (Å²) in [4.78, 5) is 17.4. The number of fused-ring (bicyclic) bond motifs is 1. The number of ether oxygens (including phenoxy) is 1. The molecule has 1 aliphatic heterocycles. The van der Waals surface area contributed by atoms with Gasteiger partial charge in [0.05, 0.1) is 12.7 Å². The topological polar surface area (TPSA) is 53.0 Å². The van der Waals surface area contributed by atoms with Crippen LogP contribution in [0.3, 0.4) is 0 Å². The Morgan fingerprint density at radius 2 is 1.91 bits per heavy atom. The van der Waals surface area contributed by atoms with Crippen molar-refractivity contribution in [3.8, 4) is 5.75 Å². The number of carbonyl (C=O) groups excluding carboxylic acids is 1. The fraction of sp³-hybridized carbons (Fsp3) is 0.567. The van der Waals surface area contributed by atoms with E-state index in [1.165, 1.54) is 5.56 Å². The Kier molecular flexibility index (Phi) is 8.18. The molecule has 0 aromatic heterocycles. The van der Waals surface area contributed by atoms with Crippen LogP contribution >= 0.6 is 0 Å². The average Bonchev–Trinajstić information content (AvgIpc) is 2.88. The van der Waals surface area contributed by atoms with Crippen LogP contribution in [0.15, 0.2) is 54.6 Å². The summed E-state index contributed by atoms with van der Waals surface area (Å²) in [6, 6.07) is 18.9. The van der Waals surface area contributed by atoms with Crippen LogP contribution in [-0.2, 0) is 16.6 Å². The molecule has 2 aromatic rings. The summed E-state index contributed by atoms with van der Waals surface area (Å²) in [5.74, 6) is 1.05. The van der Waals surface area contributed by atoms with Crippen molar-refractivity contribution in [3.05, 3.63) is 65.7 Å². The molecule has 4 rings (SSSR count). The van der Waals surface area contributed by atoms with Crippen LogP contribution in [-0.4, -0.2) is 66.8 Å². The van der Waals surface area contributed by atoms with Crippen molar-refractivity contribution in [3.63, 3.8) is 0 Å². The number of likely N-dealkylation sites (N-methyl/N-ethyl adjacent to an activating group) is 1. The highest BCUT2D eigenvalue weighted by Crippen LogP contribution is 2.52. The van der Waals surface area contributed by atoms with E-state index in [9.17, 15) is 9.90 Å². The molecule has 1 N–H and O–H groups in total. The van der Waals surface area contributed by atoms with Gasteiger partial charge in [0, 0.05) is 31.5 Å². The van der Waals surface area contributed by atoms with Gasteiger partial charge in [0.1, 0.15) is 5.75 Å². The second kappa shape index (κ2) is 11.1. The van der Waals surface area contributed by atoms with Crippen LogP contribution in [0, 0.1) is 0 Å². The molecule has 190 valence electrons. The lowest BCUT2D eigenvalue weighted by Gasteiger charge is -2.58. The molecule has 5 nitrogen and oxygen atoms in total. The van der Waals surface area contributed by atoms with Gasteiger partial charge in [0.2, 0.25) is 5.91 Å². The first kappa shape index (κ1) is 25.7. The molecule has 2 aliphatic rings. The molecule has 0 radical (unpaired) electrons. The van der Waals surface area contributed by atoms with E-state index in [0.29, 0.717) is 19.4 Å². The van der Waals surface area contributed by atoms with Gasteiger partial charge < -0.3 is 19.6 Å². The standard InChI is InChI=1S/C30H42N2O3/c1-31-20-19-29(25-14-10-15-27(21-25)35-3)22-26(17-18-30(29,34)23-31)32(2)28(33)16-9-5-8-13-24-11-6-4-7-12-24/h4,6-7,10-12,14-15,21,26,34H,5,8-9,13,16-20,22-23H2,1-3H3/t26-,29-,30-/m0/s1. The number of methoxy groups -OCH3 is 1. The monoisotopic (exact) mass is 478 g/mol. The molecule has 0 bridgehead atoms. The van der Waals surface area contributed by atoms with E-state index in [0.717, 1.165) is 62.8 Å². The third-order valence-corrected chi connectivity index (χ3v) is 8.58. The molecule has 1 saturated carbocycles. The third kappa shape index (κ3) is 5.57. The quantitative estimate of drug-likeness (QED) is 0.526. The summed E-state index contributed by atoms with van der Waals surface area (Å²) >= 11 is 0. The maximum atomic E-state index is 13.1. The highest BCUT2D eigenvalue weighted by atomic mass is 16.5. The summed E-state index contributed by atoms with van der Waals surface area (Å²) in [6.07, 6.45) is 8.00. The first-order valence-electron chi connectivity index (χ1n) is 13.2. The van der Waals surface area contributed by atoms with Crippen molar-refractivity contribution in [2.24, 2.45) is 0 Å². The van der Waals surface area contributed by atoms with Gasteiger partial charge in [-0.25, -0.2) is 0 Å². The highest BCUT2D eigenvalue weighted by Gasteiger charge is 2.57. The Balaban J connectivity index is 1.40. The molecule has 35 heavy (non-hydrogen) atoms. The smallest absolute Gasteiger partial charge is 0.222 e. The molecule has 2 aromatic carbocycles. The number of hydrogen-bond acceptors (Lipinski definition) is 4. The fourth-order valence-corrected chi connectivity index (χ4v) is 6.40. The zero-order chi connectivity index (χ0) is 24.9. The van der Waals surface area contributed by atoms with Crippen molar-refractivity contribution in [2.75, 3.05) is 34.3 Å². The van der Waals surface area contributed by atoms with E-state index in [1.54, 1.807) is 7.11 Å².